The van der Waals surface area contributed by atoms with Crippen molar-refractivity contribution in [2.24, 2.45) is 0 Å². The zero-order chi connectivity index (χ0) is 13.9. The second kappa shape index (κ2) is 5.80. The third-order valence-corrected chi connectivity index (χ3v) is 4.86. The fourth-order valence-electron chi connectivity index (χ4n) is 2.07. The van der Waals surface area contributed by atoms with E-state index in [0.717, 1.165) is 27.8 Å². The highest BCUT2D eigenvalue weighted by Gasteiger charge is 2.19. The third kappa shape index (κ3) is 3.10. The lowest BCUT2D eigenvalue weighted by atomic mass is 10.0. The van der Waals surface area contributed by atoms with E-state index in [1.54, 1.807) is 17.3 Å². The van der Waals surface area contributed by atoms with Gasteiger partial charge in [0, 0.05) is 17.9 Å². The van der Waals surface area contributed by atoms with Gasteiger partial charge in [0.15, 0.2) is 4.34 Å². The molecule has 0 bridgehead atoms. The van der Waals surface area contributed by atoms with E-state index in [1.165, 1.54) is 16.9 Å². The second-order valence-corrected chi connectivity index (χ2v) is 6.59. The number of nitrogens with zero attached hydrogens (tertiary/aromatic N) is 2. The molecular weight excluding hydrogens is 294 g/mol. The molecule has 0 saturated heterocycles. The summed E-state index contributed by atoms with van der Waals surface area (Å²) >= 11 is 3.20. The van der Waals surface area contributed by atoms with E-state index in [0.29, 0.717) is 0 Å². The Kier molecular flexibility index (Phi) is 3.88. The maximum Gasteiger partial charge on any atom is 0.411 e. The van der Waals surface area contributed by atoms with Crippen molar-refractivity contribution in [2.75, 3.05) is 5.32 Å². The predicted molar refractivity (Wildman–Crippen MR) is 79.2 cm³/mol. The molecule has 5 nitrogen and oxygen atoms in total. The molecule has 1 aromatic heterocycles. The molecule has 1 atom stereocenters. The van der Waals surface area contributed by atoms with Gasteiger partial charge >= 0.3 is 6.09 Å². The zero-order valence-electron chi connectivity index (χ0n) is 10.8. The van der Waals surface area contributed by atoms with E-state index < -0.39 is 0 Å². The van der Waals surface area contributed by atoms with Gasteiger partial charge in [-0.05, 0) is 24.1 Å². The van der Waals surface area contributed by atoms with Crippen LogP contribution in [0.3, 0.4) is 0 Å². The smallest absolute Gasteiger partial charge is 0.411 e. The van der Waals surface area contributed by atoms with E-state index >= 15 is 0 Å². The number of ether oxygens (including phenoxy) is 1. The van der Waals surface area contributed by atoms with E-state index in [1.807, 2.05) is 19.1 Å². The van der Waals surface area contributed by atoms with Crippen molar-refractivity contribution in [3.63, 3.8) is 0 Å². The van der Waals surface area contributed by atoms with Crippen LogP contribution in [0.2, 0.25) is 0 Å². The maximum atomic E-state index is 11.5. The van der Waals surface area contributed by atoms with E-state index in [4.69, 9.17) is 4.74 Å². The lowest BCUT2D eigenvalue weighted by molar-refractivity contribution is 0.123. The number of anilines is 1. The van der Waals surface area contributed by atoms with Crippen LogP contribution in [0.25, 0.3) is 0 Å². The molecule has 1 amide bonds. The molecular formula is C13H13N3O2S2. The first-order valence-corrected chi connectivity index (χ1v) is 8.05. The minimum absolute atomic E-state index is 0.109. The average molecular weight is 307 g/mol. The van der Waals surface area contributed by atoms with Crippen LogP contribution in [0.15, 0.2) is 28.0 Å². The molecule has 1 aromatic carbocycles. The SMILES string of the molecule is CC1Cc2cc(CSc3nncs3)ccc2NC(=O)O1. The van der Waals surface area contributed by atoms with Crippen molar-refractivity contribution in [3.8, 4) is 0 Å². The topological polar surface area (TPSA) is 64.1 Å². The van der Waals surface area contributed by atoms with Crippen molar-refractivity contribution in [2.45, 2.75) is 29.5 Å². The van der Waals surface area contributed by atoms with Crippen LogP contribution in [0.1, 0.15) is 18.1 Å². The van der Waals surface area contributed by atoms with Gasteiger partial charge in [-0.25, -0.2) is 4.79 Å². The molecule has 20 heavy (non-hydrogen) atoms. The molecule has 1 aliphatic heterocycles. The van der Waals surface area contributed by atoms with Gasteiger partial charge in [-0.3, -0.25) is 5.32 Å². The number of hydrogen-bond donors (Lipinski definition) is 1. The Hall–Kier alpha value is -1.60. The first-order valence-electron chi connectivity index (χ1n) is 6.19. The highest BCUT2D eigenvalue weighted by atomic mass is 32.2. The Labute approximate surface area is 124 Å². The molecule has 0 radical (unpaired) electrons. The molecule has 7 heteroatoms. The second-order valence-electron chi connectivity index (χ2n) is 4.53. The fraction of sp³-hybridized carbons (Fsp3) is 0.308. The van der Waals surface area contributed by atoms with Crippen LogP contribution < -0.4 is 5.32 Å². The average Bonchev–Trinajstić information content (AvgIpc) is 2.87. The number of benzene rings is 1. The normalized spacial score (nSPS) is 17.9. The Morgan fingerprint density at radius 2 is 2.45 bits per heavy atom. The summed E-state index contributed by atoms with van der Waals surface area (Å²) in [6.07, 6.45) is 0.236. The summed E-state index contributed by atoms with van der Waals surface area (Å²) < 4.78 is 6.14. The van der Waals surface area contributed by atoms with Gasteiger partial charge < -0.3 is 4.74 Å². The molecule has 1 aliphatic rings. The quantitative estimate of drug-likeness (QED) is 0.881. The fourth-order valence-corrected chi connectivity index (χ4v) is 3.50. The molecule has 2 heterocycles. The first-order chi connectivity index (χ1) is 9.70. The summed E-state index contributed by atoms with van der Waals surface area (Å²) in [6.45, 7) is 1.90. The number of hydrogen-bond acceptors (Lipinski definition) is 6. The lowest BCUT2D eigenvalue weighted by Gasteiger charge is -2.09. The summed E-state index contributed by atoms with van der Waals surface area (Å²) in [5.74, 6) is 0.839. The van der Waals surface area contributed by atoms with Gasteiger partial charge in [0.1, 0.15) is 11.6 Å². The molecule has 1 N–H and O–H groups in total. The number of carbonyl (C=O) groups is 1. The molecule has 0 aliphatic carbocycles. The first kappa shape index (κ1) is 13.4. The summed E-state index contributed by atoms with van der Waals surface area (Å²) in [5, 5.41) is 10.6. The van der Waals surface area contributed by atoms with Gasteiger partial charge in [0.25, 0.3) is 0 Å². The van der Waals surface area contributed by atoms with Crippen LogP contribution in [-0.4, -0.2) is 22.4 Å². The van der Waals surface area contributed by atoms with Gasteiger partial charge in [0.05, 0.1) is 0 Å². The minimum Gasteiger partial charge on any atom is -0.446 e. The van der Waals surface area contributed by atoms with Crippen LogP contribution >= 0.6 is 23.1 Å². The summed E-state index contributed by atoms with van der Waals surface area (Å²) in [6, 6.07) is 6.07. The largest absolute Gasteiger partial charge is 0.446 e. The van der Waals surface area contributed by atoms with Crippen LogP contribution in [0, 0.1) is 0 Å². The van der Waals surface area contributed by atoms with Crippen molar-refractivity contribution < 1.29 is 9.53 Å². The van der Waals surface area contributed by atoms with E-state index in [-0.39, 0.29) is 12.2 Å². The van der Waals surface area contributed by atoms with Crippen molar-refractivity contribution in [3.05, 3.63) is 34.8 Å². The Balaban J connectivity index is 1.76. The summed E-state index contributed by atoms with van der Waals surface area (Å²) in [7, 11) is 0. The molecule has 1 unspecified atom stereocenters. The molecule has 3 rings (SSSR count). The number of carbonyl (C=O) groups excluding carboxylic acids is 1. The number of cyclic esters (lactones) is 1. The number of rotatable bonds is 3. The summed E-state index contributed by atoms with van der Waals surface area (Å²) in [4.78, 5) is 11.5. The van der Waals surface area contributed by atoms with E-state index in [2.05, 4.69) is 21.6 Å². The number of amides is 1. The molecule has 0 saturated carbocycles. The lowest BCUT2D eigenvalue weighted by Crippen LogP contribution is -2.17. The third-order valence-electron chi connectivity index (χ3n) is 2.92. The summed E-state index contributed by atoms with van der Waals surface area (Å²) in [5.41, 5.74) is 4.88. The molecule has 2 aromatic rings. The van der Waals surface area contributed by atoms with Gasteiger partial charge in [-0.1, -0.05) is 35.2 Å². The van der Waals surface area contributed by atoms with Crippen LogP contribution in [0.5, 0.6) is 0 Å². The Bertz CT molecular complexity index is 616. The zero-order valence-corrected chi connectivity index (χ0v) is 12.5. The van der Waals surface area contributed by atoms with Crippen molar-refractivity contribution in [1.82, 2.24) is 10.2 Å². The number of fused-ring (bicyclic) bond motifs is 1. The number of aromatic nitrogens is 2. The van der Waals surface area contributed by atoms with Gasteiger partial charge in [-0.2, -0.15) is 0 Å². The molecule has 0 spiro atoms. The Morgan fingerprint density at radius 3 is 3.25 bits per heavy atom. The maximum absolute atomic E-state index is 11.5. The monoisotopic (exact) mass is 307 g/mol. The molecule has 0 fully saturated rings. The van der Waals surface area contributed by atoms with Gasteiger partial charge in [-0.15, -0.1) is 10.2 Å². The van der Waals surface area contributed by atoms with Crippen molar-refractivity contribution >= 4 is 34.9 Å². The van der Waals surface area contributed by atoms with Crippen LogP contribution in [-0.2, 0) is 16.9 Å². The predicted octanol–water partition coefficient (Wildman–Crippen LogP) is 3.32. The standard InChI is InChI=1S/C13H13N3O2S2/c1-8-4-10-5-9(6-19-13-16-14-7-20-13)2-3-11(10)15-12(17)18-8/h2-3,5,7-8H,4,6H2,1H3,(H,15,17). The number of nitrogens with one attached hydrogen (secondary N) is 1. The highest BCUT2D eigenvalue weighted by molar-refractivity contribution is 8.00. The van der Waals surface area contributed by atoms with Gasteiger partial charge in [0.2, 0.25) is 0 Å². The van der Waals surface area contributed by atoms with Crippen LogP contribution in [0.4, 0.5) is 10.5 Å². The highest BCUT2D eigenvalue weighted by Crippen LogP contribution is 2.28. The molecule has 104 valence electrons. The van der Waals surface area contributed by atoms with Crippen molar-refractivity contribution in [1.29, 1.82) is 0 Å². The minimum atomic E-state index is -0.382. The number of thioether (sulfide) groups is 1. The van der Waals surface area contributed by atoms with E-state index in [9.17, 15) is 4.79 Å². The Morgan fingerprint density at radius 1 is 1.55 bits per heavy atom.